The van der Waals surface area contributed by atoms with Gasteiger partial charge in [-0.1, -0.05) is 42.4 Å². The van der Waals surface area contributed by atoms with Gasteiger partial charge < -0.3 is 0 Å². The van der Waals surface area contributed by atoms with Crippen molar-refractivity contribution in [2.24, 2.45) is 0 Å². The Labute approximate surface area is 124 Å². The molecule has 2 aliphatic rings. The van der Waals surface area contributed by atoms with Crippen LogP contribution in [0.15, 0.2) is 42.4 Å². The highest BCUT2D eigenvalue weighted by atomic mass is 14.3. The highest BCUT2D eigenvalue weighted by molar-refractivity contribution is 5.46. The third kappa shape index (κ3) is 1.98. The van der Waals surface area contributed by atoms with Crippen LogP contribution in [0.25, 0.3) is 0 Å². The third-order valence-electron chi connectivity index (χ3n) is 4.97. The van der Waals surface area contributed by atoms with E-state index in [4.69, 9.17) is 2.74 Å². The van der Waals surface area contributed by atoms with Crippen LogP contribution in [0, 0.1) is 0 Å². The Kier molecular flexibility index (Phi) is 2.60. The summed E-state index contributed by atoms with van der Waals surface area (Å²) in [5, 5.41) is 0. The van der Waals surface area contributed by atoms with Crippen LogP contribution in [-0.4, -0.2) is 0 Å². The first kappa shape index (κ1) is 10.2. The Morgan fingerprint density at radius 3 is 2.60 bits per heavy atom. The molecule has 0 nitrogen and oxygen atoms in total. The Morgan fingerprint density at radius 2 is 1.60 bits per heavy atom. The average molecular weight is 264 g/mol. The van der Waals surface area contributed by atoms with Crippen LogP contribution in [0.2, 0.25) is 0 Å². The summed E-state index contributed by atoms with van der Waals surface area (Å²) in [5.74, 6) is 0.262. The summed E-state index contributed by atoms with van der Waals surface area (Å²) in [4.78, 5) is 0. The highest BCUT2D eigenvalue weighted by Crippen LogP contribution is 2.40. The standard InChI is InChI=1S/C20H22/c1-3-11-17-15(7-1)9-5-13-19(17)20-14-6-10-16-8-2-4-12-18(16)20/h1,3,6-7,10-11,14,19H,2,4-5,8-9,12-13H2/i11D,14D. The predicted octanol–water partition coefficient (Wildman–Crippen LogP) is 5.03. The van der Waals surface area contributed by atoms with Crippen LogP contribution in [-0.2, 0) is 19.3 Å². The van der Waals surface area contributed by atoms with E-state index in [9.17, 15) is 0 Å². The van der Waals surface area contributed by atoms with Crippen LogP contribution >= 0.6 is 0 Å². The fraction of sp³-hybridized carbons (Fsp3) is 0.400. The smallest absolute Gasteiger partial charge is 0.0620 e. The van der Waals surface area contributed by atoms with Crippen LogP contribution in [0.3, 0.4) is 0 Å². The van der Waals surface area contributed by atoms with Crippen molar-refractivity contribution in [1.29, 1.82) is 0 Å². The summed E-state index contributed by atoms with van der Waals surface area (Å²) in [5.41, 5.74) is 6.64. The van der Waals surface area contributed by atoms with Gasteiger partial charge in [-0.05, 0) is 72.8 Å². The van der Waals surface area contributed by atoms with Crippen LogP contribution in [0.1, 0.15) is 62.2 Å². The summed E-state index contributed by atoms with van der Waals surface area (Å²) in [6, 6.07) is 11.6. The monoisotopic (exact) mass is 264 g/mol. The summed E-state index contributed by atoms with van der Waals surface area (Å²) in [7, 11) is 0. The molecule has 1 unspecified atom stereocenters. The normalized spacial score (nSPS) is 22.5. The third-order valence-corrected chi connectivity index (χ3v) is 4.97. The van der Waals surface area contributed by atoms with Crippen LogP contribution in [0.5, 0.6) is 0 Å². The lowest BCUT2D eigenvalue weighted by atomic mass is 9.75. The molecular weight excluding hydrogens is 240 g/mol. The van der Waals surface area contributed by atoms with Gasteiger partial charge in [0.2, 0.25) is 0 Å². The molecule has 0 N–H and O–H groups in total. The van der Waals surface area contributed by atoms with Gasteiger partial charge in [0.05, 0.1) is 2.74 Å². The Bertz CT molecular complexity index is 718. The van der Waals surface area contributed by atoms with Gasteiger partial charge in [-0.2, -0.15) is 0 Å². The number of benzene rings is 2. The molecule has 0 amide bonds. The lowest BCUT2D eigenvalue weighted by Crippen LogP contribution is -2.15. The fourth-order valence-electron chi connectivity index (χ4n) is 4.01. The van der Waals surface area contributed by atoms with Gasteiger partial charge in [0, 0.05) is 5.92 Å². The van der Waals surface area contributed by atoms with Crippen molar-refractivity contribution in [2.75, 3.05) is 0 Å². The molecule has 2 aromatic rings. The molecule has 0 saturated carbocycles. The number of rotatable bonds is 1. The minimum atomic E-state index is 0.262. The Hall–Kier alpha value is -1.56. The van der Waals surface area contributed by atoms with Crippen molar-refractivity contribution in [3.05, 3.63) is 70.2 Å². The van der Waals surface area contributed by atoms with Crippen molar-refractivity contribution in [3.8, 4) is 0 Å². The van der Waals surface area contributed by atoms with Gasteiger partial charge in [0.25, 0.3) is 0 Å². The van der Waals surface area contributed by atoms with E-state index in [-0.39, 0.29) is 5.92 Å². The SMILES string of the molecule is [2H]c1cccc2c1C(c1c([2H])ccc3c1CCCC3)CCC2. The topological polar surface area (TPSA) is 0 Å². The first-order valence-electron chi connectivity index (χ1n) is 8.95. The number of fused-ring (bicyclic) bond motifs is 2. The molecule has 0 fully saturated rings. The molecule has 0 saturated heterocycles. The van der Waals surface area contributed by atoms with Gasteiger partial charge in [-0.25, -0.2) is 0 Å². The molecule has 4 rings (SSSR count). The van der Waals surface area contributed by atoms with E-state index in [0.717, 1.165) is 25.7 Å². The molecule has 20 heavy (non-hydrogen) atoms. The molecule has 0 aliphatic heterocycles. The van der Waals surface area contributed by atoms with E-state index in [0.29, 0.717) is 12.1 Å². The fourth-order valence-corrected chi connectivity index (χ4v) is 4.01. The Balaban J connectivity index is 1.91. The van der Waals surface area contributed by atoms with E-state index >= 15 is 0 Å². The lowest BCUT2D eigenvalue weighted by Gasteiger charge is -2.30. The molecule has 0 heterocycles. The van der Waals surface area contributed by atoms with E-state index in [2.05, 4.69) is 12.1 Å². The quantitative estimate of drug-likeness (QED) is 0.677. The molecule has 1 atom stereocenters. The second-order valence-corrected chi connectivity index (χ2v) is 6.16. The molecule has 0 aromatic heterocycles. The summed E-state index contributed by atoms with van der Waals surface area (Å²) in [6.45, 7) is 0. The molecule has 0 radical (unpaired) electrons. The second kappa shape index (κ2) is 5.09. The summed E-state index contributed by atoms with van der Waals surface area (Å²) >= 11 is 0. The second-order valence-electron chi connectivity index (χ2n) is 6.16. The van der Waals surface area contributed by atoms with Gasteiger partial charge in [-0.15, -0.1) is 0 Å². The highest BCUT2D eigenvalue weighted by Gasteiger charge is 2.25. The maximum Gasteiger partial charge on any atom is 0.0626 e. The van der Waals surface area contributed by atoms with Crippen molar-refractivity contribution >= 4 is 0 Å². The first-order chi connectivity index (χ1) is 10.8. The number of aryl methyl sites for hydroxylation is 2. The largest absolute Gasteiger partial charge is 0.0626 e. The van der Waals surface area contributed by atoms with Crippen molar-refractivity contribution in [2.45, 2.75) is 50.9 Å². The van der Waals surface area contributed by atoms with E-state index in [1.165, 1.54) is 47.1 Å². The summed E-state index contributed by atoms with van der Waals surface area (Å²) in [6.07, 6.45) is 8.13. The molecule has 0 spiro atoms. The molecular formula is C20H22. The van der Waals surface area contributed by atoms with E-state index in [1.807, 2.05) is 18.2 Å². The van der Waals surface area contributed by atoms with Crippen LogP contribution < -0.4 is 0 Å². The van der Waals surface area contributed by atoms with Gasteiger partial charge in [0.1, 0.15) is 0 Å². The number of hydrogen-bond acceptors (Lipinski definition) is 0. The Morgan fingerprint density at radius 1 is 0.800 bits per heavy atom. The molecule has 2 aromatic carbocycles. The summed E-state index contributed by atoms with van der Waals surface area (Å²) < 4.78 is 16.9. The minimum Gasteiger partial charge on any atom is -0.0620 e. The maximum absolute atomic E-state index is 8.50. The molecule has 102 valence electrons. The minimum absolute atomic E-state index is 0.262. The van der Waals surface area contributed by atoms with E-state index in [1.54, 1.807) is 0 Å². The van der Waals surface area contributed by atoms with Gasteiger partial charge in [0.15, 0.2) is 0 Å². The zero-order valence-electron chi connectivity index (χ0n) is 13.9. The number of hydrogen-bond donors (Lipinski definition) is 0. The zero-order chi connectivity index (χ0) is 15.1. The van der Waals surface area contributed by atoms with Crippen molar-refractivity contribution in [1.82, 2.24) is 0 Å². The molecule has 0 bridgehead atoms. The lowest BCUT2D eigenvalue weighted by molar-refractivity contribution is 0.600. The van der Waals surface area contributed by atoms with Crippen LogP contribution in [0.4, 0.5) is 0 Å². The maximum atomic E-state index is 8.50. The first-order valence-corrected chi connectivity index (χ1v) is 7.95. The van der Waals surface area contributed by atoms with E-state index < -0.39 is 0 Å². The molecule has 0 heteroatoms. The van der Waals surface area contributed by atoms with Crippen molar-refractivity contribution < 1.29 is 2.74 Å². The average Bonchev–Trinajstić information content (AvgIpc) is 2.55. The van der Waals surface area contributed by atoms with Crippen molar-refractivity contribution in [3.63, 3.8) is 0 Å². The molecule has 2 aliphatic carbocycles. The van der Waals surface area contributed by atoms with Gasteiger partial charge >= 0.3 is 0 Å². The van der Waals surface area contributed by atoms with Gasteiger partial charge in [-0.3, -0.25) is 0 Å². The zero-order valence-corrected chi connectivity index (χ0v) is 11.9. The predicted molar refractivity (Wildman–Crippen MR) is 84.3 cm³/mol.